The van der Waals surface area contributed by atoms with Crippen molar-refractivity contribution in [2.45, 2.75) is 37.4 Å². The van der Waals surface area contributed by atoms with Crippen molar-refractivity contribution in [2.24, 2.45) is 0 Å². The number of piperidine rings is 1. The molecule has 2 heterocycles. The molecule has 156 valence electrons. The fourth-order valence-electron chi connectivity index (χ4n) is 3.66. The van der Waals surface area contributed by atoms with Gasteiger partial charge in [-0.3, -0.25) is 9.36 Å². The fraction of sp³-hybridized carbons (Fsp3) is 0.318. The predicted octanol–water partition coefficient (Wildman–Crippen LogP) is 4.27. The molecule has 0 aliphatic carbocycles. The van der Waals surface area contributed by atoms with Crippen molar-refractivity contribution < 1.29 is 14.3 Å². The Morgan fingerprint density at radius 3 is 2.57 bits per heavy atom. The van der Waals surface area contributed by atoms with Gasteiger partial charge in [0, 0.05) is 23.8 Å². The molecule has 4 rings (SSSR count). The van der Waals surface area contributed by atoms with E-state index in [1.54, 1.807) is 36.4 Å². The summed E-state index contributed by atoms with van der Waals surface area (Å²) in [6.45, 7) is 2.88. The van der Waals surface area contributed by atoms with Gasteiger partial charge in [0.2, 0.25) is 5.91 Å². The summed E-state index contributed by atoms with van der Waals surface area (Å²) in [5, 5.41) is 18.8. The molecule has 30 heavy (non-hydrogen) atoms. The van der Waals surface area contributed by atoms with E-state index in [0.717, 1.165) is 31.4 Å². The molecule has 2 aromatic carbocycles. The molecule has 1 fully saturated rings. The lowest BCUT2D eigenvalue weighted by Gasteiger charge is -2.33. The smallest absolute Gasteiger partial charge is 0.233 e. The molecule has 0 radical (unpaired) electrons. The number of likely N-dealkylation sites (tertiary alicyclic amines) is 1. The molecule has 1 amide bonds. The van der Waals surface area contributed by atoms with Crippen LogP contribution in [0.5, 0.6) is 5.75 Å². The zero-order chi connectivity index (χ0) is 21.1. The maximum atomic E-state index is 13.5. The Bertz CT molecular complexity index is 1020. The number of rotatable bonds is 5. The maximum Gasteiger partial charge on any atom is 0.233 e. The standard InChI is InChI=1S/C22H23FN4O2S/c1-15-4-2-3-13-26(15)20(29)14-30-22-25-24-21(16-5-11-19(28)12-6-16)27(22)18-9-7-17(23)8-10-18/h5-12,15,28H,2-4,13-14H2,1H3/t15-/m0/s1. The summed E-state index contributed by atoms with van der Waals surface area (Å²) in [4.78, 5) is 14.7. The zero-order valence-electron chi connectivity index (χ0n) is 16.7. The normalized spacial score (nSPS) is 16.6. The molecule has 1 atom stereocenters. The van der Waals surface area contributed by atoms with Gasteiger partial charge in [-0.15, -0.1) is 10.2 Å². The average molecular weight is 427 g/mol. The number of carbonyl (C=O) groups excluding carboxylic acids is 1. The molecule has 1 aromatic heterocycles. The molecule has 8 heteroatoms. The van der Waals surface area contributed by atoms with Gasteiger partial charge in [-0.1, -0.05) is 11.8 Å². The number of aromatic hydroxyl groups is 1. The van der Waals surface area contributed by atoms with E-state index in [0.29, 0.717) is 16.7 Å². The van der Waals surface area contributed by atoms with Crippen LogP contribution in [0.3, 0.4) is 0 Å². The predicted molar refractivity (Wildman–Crippen MR) is 114 cm³/mol. The minimum absolute atomic E-state index is 0.0899. The van der Waals surface area contributed by atoms with Crippen LogP contribution in [-0.2, 0) is 4.79 Å². The summed E-state index contributed by atoms with van der Waals surface area (Å²) in [5.41, 5.74) is 1.46. The lowest BCUT2D eigenvalue weighted by atomic mass is 10.0. The van der Waals surface area contributed by atoms with E-state index in [1.807, 2.05) is 9.47 Å². The Morgan fingerprint density at radius 1 is 1.13 bits per heavy atom. The quantitative estimate of drug-likeness (QED) is 0.617. The van der Waals surface area contributed by atoms with E-state index in [1.165, 1.54) is 23.9 Å². The second-order valence-electron chi connectivity index (χ2n) is 7.39. The third kappa shape index (κ3) is 4.33. The number of benzene rings is 2. The highest BCUT2D eigenvalue weighted by atomic mass is 32.2. The molecular weight excluding hydrogens is 403 g/mol. The van der Waals surface area contributed by atoms with Crippen molar-refractivity contribution in [3.05, 3.63) is 54.3 Å². The van der Waals surface area contributed by atoms with Crippen LogP contribution >= 0.6 is 11.8 Å². The van der Waals surface area contributed by atoms with E-state index in [9.17, 15) is 14.3 Å². The second kappa shape index (κ2) is 8.87. The molecule has 6 nitrogen and oxygen atoms in total. The minimum Gasteiger partial charge on any atom is -0.508 e. The molecule has 1 N–H and O–H groups in total. The van der Waals surface area contributed by atoms with Gasteiger partial charge in [-0.25, -0.2) is 4.39 Å². The van der Waals surface area contributed by atoms with Gasteiger partial charge in [-0.05, 0) is 74.7 Å². The van der Waals surface area contributed by atoms with Gasteiger partial charge in [0.05, 0.1) is 5.75 Å². The first kappa shape index (κ1) is 20.4. The Hall–Kier alpha value is -2.87. The van der Waals surface area contributed by atoms with Gasteiger partial charge in [0.1, 0.15) is 11.6 Å². The number of hydrogen-bond acceptors (Lipinski definition) is 5. The number of thioether (sulfide) groups is 1. The van der Waals surface area contributed by atoms with Crippen LogP contribution in [0.4, 0.5) is 4.39 Å². The number of halogens is 1. The van der Waals surface area contributed by atoms with Crippen molar-refractivity contribution in [3.8, 4) is 22.8 Å². The number of aromatic nitrogens is 3. The van der Waals surface area contributed by atoms with Gasteiger partial charge in [0.25, 0.3) is 0 Å². The first-order valence-electron chi connectivity index (χ1n) is 9.96. The van der Waals surface area contributed by atoms with E-state index in [2.05, 4.69) is 17.1 Å². The van der Waals surface area contributed by atoms with Crippen molar-refractivity contribution in [1.29, 1.82) is 0 Å². The van der Waals surface area contributed by atoms with E-state index < -0.39 is 0 Å². The summed E-state index contributed by atoms with van der Waals surface area (Å²) >= 11 is 1.32. The van der Waals surface area contributed by atoms with Crippen molar-refractivity contribution in [2.75, 3.05) is 12.3 Å². The Kier molecular flexibility index (Phi) is 6.03. The number of hydrogen-bond donors (Lipinski definition) is 1. The zero-order valence-corrected chi connectivity index (χ0v) is 17.5. The van der Waals surface area contributed by atoms with Crippen LogP contribution in [0, 0.1) is 5.82 Å². The first-order valence-corrected chi connectivity index (χ1v) is 10.9. The van der Waals surface area contributed by atoms with Crippen LogP contribution in [0.25, 0.3) is 17.1 Å². The van der Waals surface area contributed by atoms with Crippen LogP contribution in [0.2, 0.25) is 0 Å². The second-order valence-corrected chi connectivity index (χ2v) is 8.33. The van der Waals surface area contributed by atoms with Gasteiger partial charge < -0.3 is 10.0 Å². The number of nitrogens with zero attached hydrogens (tertiary/aromatic N) is 4. The number of amides is 1. The molecule has 0 bridgehead atoms. The summed E-state index contributed by atoms with van der Waals surface area (Å²) in [5.74, 6) is 0.734. The molecule has 1 aliphatic heterocycles. The van der Waals surface area contributed by atoms with Crippen LogP contribution in [0.15, 0.2) is 53.7 Å². The highest BCUT2D eigenvalue weighted by Crippen LogP contribution is 2.29. The van der Waals surface area contributed by atoms with Crippen LogP contribution in [0.1, 0.15) is 26.2 Å². The average Bonchev–Trinajstić information content (AvgIpc) is 3.17. The van der Waals surface area contributed by atoms with Crippen molar-refractivity contribution in [1.82, 2.24) is 19.7 Å². The lowest BCUT2D eigenvalue weighted by Crippen LogP contribution is -2.42. The molecule has 3 aromatic rings. The Labute approximate surface area is 178 Å². The maximum absolute atomic E-state index is 13.5. The van der Waals surface area contributed by atoms with Crippen LogP contribution < -0.4 is 0 Å². The molecule has 0 spiro atoms. The van der Waals surface area contributed by atoms with Crippen molar-refractivity contribution >= 4 is 17.7 Å². The van der Waals surface area contributed by atoms with Gasteiger partial charge in [-0.2, -0.15) is 0 Å². The SMILES string of the molecule is C[C@H]1CCCCN1C(=O)CSc1nnc(-c2ccc(O)cc2)n1-c1ccc(F)cc1. The molecule has 1 saturated heterocycles. The number of phenolic OH excluding ortho intramolecular Hbond substituents is 1. The summed E-state index contributed by atoms with van der Waals surface area (Å²) in [6.07, 6.45) is 3.23. The Balaban J connectivity index is 1.63. The van der Waals surface area contributed by atoms with Crippen molar-refractivity contribution in [3.63, 3.8) is 0 Å². The molecule has 0 saturated carbocycles. The van der Waals surface area contributed by atoms with Gasteiger partial charge in [0.15, 0.2) is 11.0 Å². The summed E-state index contributed by atoms with van der Waals surface area (Å²) in [6, 6.07) is 13.0. The molecule has 0 unspecified atom stereocenters. The largest absolute Gasteiger partial charge is 0.508 e. The first-order chi connectivity index (χ1) is 14.5. The number of carbonyl (C=O) groups is 1. The van der Waals surface area contributed by atoms with E-state index >= 15 is 0 Å². The molecular formula is C22H23FN4O2S. The highest BCUT2D eigenvalue weighted by Gasteiger charge is 2.24. The Morgan fingerprint density at radius 2 is 1.87 bits per heavy atom. The van der Waals surface area contributed by atoms with E-state index in [-0.39, 0.29) is 29.3 Å². The lowest BCUT2D eigenvalue weighted by molar-refractivity contribution is -0.131. The fourth-order valence-corrected chi connectivity index (χ4v) is 4.50. The summed E-state index contributed by atoms with van der Waals surface area (Å²) in [7, 11) is 0. The van der Waals surface area contributed by atoms with Gasteiger partial charge >= 0.3 is 0 Å². The topological polar surface area (TPSA) is 71.2 Å². The third-order valence-corrected chi connectivity index (χ3v) is 6.21. The monoisotopic (exact) mass is 426 g/mol. The highest BCUT2D eigenvalue weighted by molar-refractivity contribution is 7.99. The van der Waals surface area contributed by atoms with Crippen LogP contribution in [-0.4, -0.2) is 49.0 Å². The third-order valence-electron chi connectivity index (χ3n) is 5.29. The molecule has 1 aliphatic rings. The van der Waals surface area contributed by atoms with E-state index in [4.69, 9.17) is 0 Å². The number of phenols is 1. The summed E-state index contributed by atoms with van der Waals surface area (Å²) < 4.78 is 15.3. The minimum atomic E-state index is -0.332.